The molecule has 0 atom stereocenters. The van der Waals surface area contributed by atoms with Gasteiger partial charge in [0, 0.05) is 12.6 Å². The minimum Gasteiger partial charge on any atom is -0.496 e. The molecule has 0 saturated carbocycles. The average Bonchev–Trinajstić information content (AvgIpc) is 2.38. The average molecular weight is 247 g/mol. The van der Waals surface area contributed by atoms with E-state index in [1.165, 1.54) is 12.1 Å². The summed E-state index contributed by atoms with van der Waals surface area (Å²) in [5.41, 5.74) is 2.12. The molecule has 0 aliphatic heterocycles. The first-order valence-electron chi connectivity index (χ1n) is 5.51. The van der Waals surface area contributed by atoms with Crippen LogP contribution in [0.15, 0.2) is 24.3 Å². The monoisotopic (exact) mass is 247 g/mol. The number of halogens is 1. The van der Waals surface area contributed by atoms with E-state index in [1.54, 1.807) is 20.2 Å². The van der Waals surface area contributed by atoms with Crippen LogP contribution in [0.4, 0.5) is 10.2 Å². The molecule has 0 radical (unpaired) electrons. The van der Waals surface area contributed by atoms with Crippen LogP contribution in [0.25, 0.3) is 11.3 Å². The summed E-state index contributed by atoms with van der Waals surface area (Å²) in [4.78, 5) is 0. The highest BCUT2D eigenvalue weighted by Gasteiger charge is 2.10. The molecule has 1 heterocycles. The molecule has 2 rings (SSSR count). The van der Waals surface area contributed by atoms with E-state index in [1.807, 2.05) is 13.0 Å². The lowest BCUT2D eigenvalue weighted by atomic mass is 10.1. The maximum atomic E-state index is 13.3. The first kappa shape index (κ1) is 12.3. The maximum Gasteiger partial charge on any atom is 0.151 e. The molecule has 0 amide bonds. The van der Waals surface area contributed by atoms with Gasteiger partial charge < -0.3 is 10.1 Å². The number of aromatic nitrogens is 2. The zero-order valence-electron chi connectivity index (χ0n) is 10.5. The fourth-order valence-electron chi connectivity index (χ4n) is 1.74. The first-order valence-corrected chi connectivity index (χ1v) is 5.51. The van der Waals surface area contributed by atoms with Crippen molar-refractivity contribution < 1.29 is 9.13 Å². The summed E-state index contributed by atoms with van der Waals surface area (Å²) >= 11 is 0. The van der Waals surface area contributed by atoms with E-state index in [9.17, 15) is 4.39 Å². The predicted molar refractivity (Wildman–Crippen MR) is 68.3 cm³/mol. The molecule has 0 unspecified atom stereocenters. The number of hydrogen-bond acceptors (Lipinski definition) is 4. The number of benzene rings is 1. The Labute approximate surface area is 105 Å². The Balaban J connectivity index is 2.54. The van der Waals surface area contributed by atoms with Gasteiger partial charge in [0.25, 0.3) is 0 Å². The van der Waals surface area contributed by atoms with E-state index in [2.05, 4.69) is 15.5 Å². The van der Waals surface area contributed by atoms with E-state index < -0.39 is 0 Å². The Morgan fingerprint density at radius 1 is 1.22 bits per heavy atom. The maximum absolute atomic E-state index is 13.3. The molecular formula is C13H14FN3O. The summed E-state index contributed by atoms with van der Waals surface area (Å²) in [7, 11) is 3.32. The van der Waals surface area contributed by atoms with Crippen molar-refractivity contribution in [2.24, 2.45) is 0 Å². The smallest absolute Gasteiger partial charge is 0.151 e. The Kier molecular flexibility index (Phi) is 3.41. The molecule has 94 valence electrons. The van der Waals surface area contributed by atoms with Gasteiger partial charge in [0.1, 0.15) is 11.6 Å². The molecule has 1 N–H and O–H groups in total. The fraction of sp³-hybridized carbons (Fsp3) is 0.231. The molecule has 5 heteroatoms. The van der Waals surface area contributed by atoms with Gasteiger partial charge in [-0.25, -0.2) is 4.39 Å². The van der Waals surface area contributed by atoms with Crippen molar-refractivity contribution in [3.63, 3.8) is 0 Å². The van der Waals surface area contributed by atoms with Gasteiger partial charge in [0.05, 0.1) is 12.8 Å². The minimum absolute atomic E-state index is 0.331. The highest BCUT2D eigenvalue weighted by molar-refractivity contribution is 5.68. The minimum atomic E-state index is -0.331. The van der Waals surface area contributed by atoms with Gasteiger partial charge in [-0.05, 0) is 36.8 Å². The molecule has 2 aromatic rings. The van der Waals surface area contributed by atoms with E-state index in [4.69, 9.17) is 4.74 Å². The quantitative estimate of drug-likeness (QED) is 0.905. The van der Waals surface area contributed by atoms with Gasteiger partial charge in [-0.2, -0.15) is 0 Å². The van der Waals surface area contributed by atoms with Gasteiger partial charge >= 0.3 is 0 Å². The van der Waals surface area contributed by atoms with E-state index in [0.29, 0.717) is 22.8 Å². The second kappa shape index (κ2) is 5.00. The number of aryl methyl sites for hydroxylation is 1. The molecule has 1 aromatic carbocycles. The molecule has 0 aliphatic rings. The Morgan fingerprint density at radius 2 is 2.00 bits per heavy atom. The topological polar surface area (TPSA) is 47.0 Å². The zero-order chi connectivity index (χ0) is 13.1. The van der Waals surface area contributed by atoms with Gasteiger partial charge in [-0.3, -0.25) is 0 Å². The third-order valence-electron chi connectivity index (χ3n) is 2.66. The lowest BCUT2D eigenvalue weighted by molar-refractivity contribution is 0.415. The van der Waals surface area contributed by atoms with Crippen molar-refractivity contribution in [1.82, 2.24) is 10.2 Å². The summed E-state index contributed by atoms with van der Waals surface area (Å²) in [6.45, 7) is 1.91. The number of nitrogens with one attached hydrogen (secondary N) is 1. The van der Waals surface area contributed by atoms with Crippen LogP contribution in [0.1, 0.15) is 5.56 Å². The van der Waals surface area contributed by atoms with Crippen LogP contribution in [0.2, 0.25) is 0 Å². The summed E-state index contributed by atoms with van der Waals surface area (Å²) in [5.74, 6) is 0.944. The third-order valence-corrected chi connectivity index (χ3v) is 2.66. The van der Waals surface area contributed by atoms with Crippen LogP contribution in [-0.4, -0.2) is 24.4 Å². The van der Waals surface area contributed by atoms with Crippen LogP contribution < -0.4 is 10.1 Å². The predicted octanol–water partition coefficient (Wildman–Crippen LogP) is 2.64. The summed E-state index contributed by atoms with van der Waals surface area (Å²) in [5, 5.41) is 11.0. The summed E-state index contributed by atoms with van der Waals surface area (Å²) in [6, 6.07) is 6.16. The number of ether oxygens (including phenoxy) is 1. The molecule has 0 saturated heterocycles. The standard InChI is InChI=1S/C13H14FN3O/c1-8-6-11(16-17-13(8)15-2)10-7-9(14)4-5-12(10)18-3/h4-7H,1-3H3,(H,15,17). The van der Waals surface area contributed by atoms with Crippen LogP contribution in [-0.2, 0) is 0 Å². The highest BCUT2D eigenvalue weighted by atomic mass is 19.1. The summed E-state index contributed by atoms with van der Waals surface area (Å²) < 4.78 is 18.5. The van der Waals surface area contributed by atoms with Crippen molar-refractivity contribution in [1.29, 1.82) is 0 Å². The van der Waals surface area contributed by atoms with Crippen LogP contribution >= 0.6 is 0 Å². The van der Waals surface area contributed by atoms with Crippen molar-refractivity contribution in [2.75, 3.05) is 19.5 Å². The van der Waals surface area contributed by atoms with Gasteiger partial charge in [0.15, 0.2) is 5.82 Å². The lowest BCUT2D eigenvalue weighted by Crippen LogP contribution is -2.00. The number of rotatable bonds is 3. The molecular weight excluding hydrogens is 233 g/mol. The second-order valence-electron chi connectivity index (χ2n) is 3.86. The molecule has 18 heavy (non-hydrogen) atoms. The molecule has 0 aliphatic carbocycles. The molecule has 0 fully saturated rings. The number of anilines is 1. The molecule has 0 spiro atoms. The molecule has 0 bridgehead atoms. The van der Waals surface area contributed by atoms with Gasteiger partial charge in [-0.1, -0.05) is 0 Å². The van der Waals surface area contributed by atoms with Crippen molar-refractivity contribution >= 4 is 5.82 Å². The fourth-order valence-corrected chi connectivity index (χ4v) is 1.74. The number of methoxy groups -OCH3 is 1. The van der Waals surface area contributed by atoms with E-state index >= 15 is 0 Å². The van der Waals surface area contributed by atoms with Crippen molar-refractivity contribution in [3.8, 4) is 17.0 Å². The summed E-state index contributed by atoms with van der Waals surface area (Å²) in [6.07, 6.45) is 0. The van der Waals surface area contributed by atoms with Crippen molar-refractivity contribution in [3.05, 3.63) is 35.6 Å². The van der Waals surface area contributed by atoms with Gasteiger partial charge in [0.2, 0.25) is 0 Å². The molecule has 1 aromatic heterocycles. The normalized spacial score (nSPS) is 10.2. The van der Waals surface area contributed by atoms with E-state index in [0.717, 1.165) is 5.56 Å². The van der Waals surface area contributed by atoms with Crippen LogP contribution in [0, 0.1) is 12.7 Å². The van der Waals surface area contributed by atoms with Gasteiger partial charge in [-0.15, -0.1) is 10.2 Å². The van der Waals surface area contributed by atoms with Crippen LogP contribution in [0.5, 0.6) is 5.75 Å². The SMILES string of the molecule is CNc1nnc(-c2cc(F)ccc2OC)cc1C. The van der Waals surface area contributed by atoms with Crippen molar-refractivity contribution in [2.45, 2.75) is 6.92 Å². The molecule has 4 nitrogen and oxygen atoms in total. The van der Waals surface area contributed by atoms with E-state index in [-0.39, 0.29) is 5.82 Å². The highest BCUT2D eigenvalue weighted by Crippen LogP contribution is 2.30. The lowest BCUT2D eigenvalue weighted by Gasteiger charge is -2.09. The third kappa shape index (κ3) is 2.25. The van der Waals surface area contributed by atoms with Crippen LogP contribution in [0.3, 0.4) is 0 Å². The Bertz CT molecular complexity index is 572. The Hall–Kier alpha value is -2.17. The second-order valence-corrected chi connectivity index (χ2v) is 3.86. The number of nitrogens with zero attached hydrogens (tertiary/aromatic N) is 2. The Morgan fingerprint density at radius 3 is 2.61 bits per heavy atom. The number of hydrogen-bond donors (Lipinski definition) is 1. The first-order chi connectivity index (χ1) is 8.65. The largest absolute Gasteiger partial charge is 0.496 e. The zero-order valence-corrected chi connectivity index (χ0v) is 10.5.